The molecular weight excluding hydrogens is 328 g/mol. The van der Waals surface area contributed by atoms with Gasteiger partial charge in [0.15, 0.2) is 0 Å². The summed E-state index contributed by atoms with van der Waals surface area (Å²) in [7, 11) is 0. The van der Waals surface area contributed by atoms with Crippen molar-refractivity contribution in [3.8, 4) is 0 Å². The van der Waals surface area contributed by atoms with Crippen LogP contribution in [0.3, 0.4) is 0 Å². The maximum atomic E-state index is 11.7. The van der Waals surface area contributed by atoms with E-state index in [9.17, 15) is 9.59 Å². The molecule has 0 bridgehead atoms. The van der Waals surface area contributed by atoms with Gasteiger partial charge in [-0.2, -0.15) is 0 Å². The van der Waals surface area contributed by atoms with Crippen LogP contribution in [0.25, 0.3) is 0 Å². The van der Waals surface area contributed by atoms with Crippen LogP contribution in [0.1, 0.15) is 55.5 Å². The molecule has 0 unspecified atom stereocenters. The lowest BCUT2D eigenvalue weighted by Crippen LogP contribution is -2.14. The van der Waals surface area contributed by atoms with Crippen LogP contribution in [0.15, 0.2) is 24.3 Å². The molecule has 140 valence electrons. The van der Waals surface area contributed by atoms with Gasteiger partial charge in [0.05, 0.1) is 17.2 Å². The van der Waals surface area contributed by atoms with E-state index in [0.29, 0.717) is 12.2 Å². The van der Waals surface area contributed by atoms with Gasteiger partial charge in [0.2, 0.25) is 0 Å². The van der Waals surface area contributed by atoms with E-state index in [1.54, 1.807) is 12.1 Å². The van der Waals surface area contributed by atoms with Crippen molar-refractivity contribution < 1.29 is 33.9 Å². The third kappa shape index (κ3) is 9.69. The molecule has 25 heavy (non-hydrogen) atoms. The van der Waals surface area contributed by atoms with Gasteiger partial charge >= 0.3 is 12.1 Å². The zero-order valence-electron chi connectivity index (χ0n) is 14.8. The second kappa shape index (κ2) is 13.2. The Hall–Kier alpha value is -2.12. The van der Waals surface area contributed by atoms with Gasteiger partial charge in [0.1, 0.15) is 6.61 Å². The number of ether oxygens (including phenoxy) is 2. The van der Waals surface area contributed by atoms with Crippen LogP contribution in [-0.4, -0.2) is 31.9 Å². The number of carbonyl (C=O) groups excluding carboxylic acids is 2. The molecule has 0 spiro atoms. The van der Waals surface area contributed by atoms with Crippen molar-refractivity contribution in [1.82, 2.24) is 0 Å². The molecule has 0 aliphatic carbocycles. The lowest BCUT2D eigenvalue weighted by molar-refractivity contribution is -0.452. The summed E-state index contributed by atoms with van der Waals surface area (Å²) in [6, 6.07) is 7.01. The smallest absolute Gasteiger partial charge is 0.430 e. The highest BCUT2D eigenvalue weighted by Crippen LogP contribution is 2.10. The maximum Gasteiger partial charge on any atom is 0.543 e. The van der Waals surface area contributed by atoms with Crippen LogP contribution < -0.4 is 0 Å². The number of rotatable bonds is 12. The molecular formula is C18H26O7. The molecule has 0 atom stereocenters. The van der Waals surface area contributed by atoms with Gasteiger partial charge in [-0.1, -0.05) is 38.3 Å². The first-order chi connectivity index (χ1) is 12.2. The quantitative estimate of drug-likeness (QED) is 0.243. The Morgan fingerprint density at radius 1 is 0.920 bits per heavy atom. The van der Waals surface area contributed by atoms with Crippen LogP contribution in [0.5, 0.6) is 0 Å². The molecule has 0 saturated heterocycles. The lowest BCUT2D eigenvalue weighted by Gasteiger charge is -2.05. The zero-order chi connectivity index (χ0) is 18.3. The minimum Gasteiger partial charge on any atom is -0.430 e. The summed E-state index contributed by atoms with van der Waals surface area (Å²) in [5.41, 5.74) is 1.45. The summed E-state index contributed by atoms with van der Waals surface area (Å²) in [6.45, 7) is 4.77. The zero-order valence-corrected chi connectivity index (χ0v) is 14.8. The standard InChI is InChI=1S/C18H26O7/c1-3-5-6-7-8-15-9-11-16(12-10-15)17(19)23-25-24-18(20)22-14-13-21-4-2/h9-12H,3-8,13-14H2,1-2H3. The van der Waals surface area contributed by atoms with Gasteiger partial charge in [-0.05, 0) is 37.5 Å². The summed E-state index contributed by atoms with van der Waals surface area (Å²) in [4.78, 5) is 31.4. The Bertz CT molecular complexity index is 499. The topological polar surface area (TPSA) is 80.3 Å². The van der Waals surface area contributed by atoms with Crippen molar-refractivity contribution in [2.45, 2.75) is 46.0 Å². The average Bonchev–Trinajstić information content (AvgIpc) is 2.63. The number of unbranched alkanes of at least 4 members (excludes halogenated alkanes) is 3. The van der Waals surface area contributed by atoms with Crippen molar-refractivity contribution in [3.05, 3.63) is 35.4 Å². The van der Waals surface area contributed by atoms with Gasteiger partial charge < -0.3 is 9.47 Å². The Labute approximate surface area is 148 Å². The summed E-state index contributed by atoms with van der Waals surface area (Å²) < 4.78 is 9.57. The number of hydrogen-bond acceptors (Lipinski definition) is 7. The highest BCUT2D eigenvalue weighted by atomic mass is 17.5. The molecule has 7 heteroatoms. The summed E-state index contributed by atoms with van der Waals surface area (Å²) in [5, 5.41) is 4.13. The maximum absolute atomic E-state index is 11.7. The molecule has 0 saturated carbocycles. The summed E-state index contributed by atoms with van der Waals surface area (Å²) in [6.07, 6.45) is 4.62. The molecule has 0 aliphatic rings. The average molecular weight is 354 g/mol. The van der Waals surface area contributed by atoms with E-state index < -0.39 is 12.1 Å². The molecule has 0 radical (unpaired) electrons. The van der Waals surface area contributed by atoms with Gasteiger partial charge in [-0.3, -0.25) is 4.89 Å². The van der Waals surface area contributed by atoms with Crippen molar-refractivity contribution in [1.29, 1.82) is 0 Å². The van der Waals surface area contributed by atoms with Crippen molar-refractivity contribution in [3.63, 3.8) is 0 Å². The fourth-order valence-corrected chi connectivity index (χ4v) is 2.04. The predicted octanol–water partition coefficient (Wildman–Crippen LogP) is 4.00. The SMILES string of the molecule is CCCCCCc1ccc(C(=O)OOOC(=O)OCCOCC)cc1. The molecule has 0 aromatic heterocycles. The highest BCUT2D eigenvalue weighted by Gasteiger charge is 2.12. The van der Waals surface area contributed by atoms with Crippen molar-refractivity contribution in [2.24, 2.45) is 0 Å². The molecule has 0 aliphatic heterocycles. The Morgan fingerprint density at radius 2 is 1.68 bits per heavy atom. The first-order valence-electron chi connectivity index (χ1n) is 8.56. The van der Waals surface area contributed by atoms with E-state index in [4.69, 9.17) is 4.74 Å². The molecule has 1 aromatic carbocycles. The van der Waals surface area contributed by atoms with E-state index in [-0.39, 0.29) is 13.2 Å². The van der Waals surface area contributed by atoms with Gasteiger partial charge in [0, 0.05) is 6.61 Å². The Balaban J connectivity index is 2.22. The van der Waals surface area contributed by atoms with Crippen LogP contribution in [0, 0.1) is 0 Å². The third-order valence-corrected chi connectivity index (χ3v) is 3.37. The first-order valence-corrected chi connectivity index (χ1v) is 8.56. The van der Waals surface area contributed by atoms with E-state index in [1.807, 2.05) is 19.1 Å². The summed E-state index contributed by atoms with van der Waals surface area (Å²) >= 11 is 0. The van der Waals surface area contributed by atoms with E-state index >= 15 is 0 Å². The molecule has 0 fully saturated rings. The van der Waals surface area contributed by atoms with Crippen molar-refractivity contribution >= 4 is 12.1 Å². The molecule has 0 N–H and O–H groups in total. The molecule has 7 nitrogen and oxygen atoms in total. The van der Waals surface area contributed by atoms with E-state index in [2.05, 4.69) is 26.5 Å². The van der Waals surface area contributed by atoms with Crippen LogP contribution in [0.2, 0.25) is 0 Å². The van der Waals surface area contributed by atoms with Gasteiger partial charge in [-0.25, -0.2) is 14.5 Å². The normalized spacial score (nSPS) is 10.3. The second-order valence-corrected chi connectivity index (χ2v) is 5.33. The first kappa shape index (κ1) is 20.9. The number of hydrogen-bond donors (Lipinski definition) is 0. The fourth-order valence-electron chi connectivity index (χ4n) is 2.04. The number of carbonyl (C=O) groups is 2. The number of aryl methyl sites for hydroxylation is 1. The van der Waals surface area contributed by atoms with Crippen LogP contribution in [-0.2, 0) is 30.7 Å². The number of benzene rings is 1. The van der Waals surface area contributed by atoms with Crippen molar-refractivity contribution in [2.75, 3.05) is 19.8 Å². The van der Waals surface area contributed by atoms with Crippen LogP contribution in [0.4, 0.5) is 4.79 Å². The minimum absolute atomic E-state index is 0.0176. The molecule has 0 amide bonds. The predicted molar refractivity (Wildman–Crippen MR) is 89.7 cm³/mol. The highest BCUT2D eigenvalue weighted by molar-refractivity contribution is 5.88. The largest absolute Gasteiger partial charge is 0.543 e. The second-order valence-electron chi connectivity index (χ2n) is 5.33. The lowest BCUT2D eigenvalue weighted by atomic mass is 10.0. The fraction of sp³-hybridized carbons (Fsp3) is 0.556. The van der Waals surface area contributed by atoms with Crippen LogP contribution >= 0.6 is 0 Å². The monoisotopic (exact) mass is 354 g/mol. The molecule has 1 rings (SSSR count). The summed E-state index contributed by atoms with van der Waals surface area (Å²) in [5.74, 6) is -0.764. The van der Waals surface area contributed by atoms with Gasteiger partial charge in [-0.15, -0.1) is 0 Å². The molecule has 0 heterocycles. The Kier molecular flexibility index (Phi) is 11.0. The molecule has 1 aromatic rings. The third-order valence-electron chi connectivity index (χ3n) is 3.37. The Morgan fingerprint density at radius 3 is 2.36 bits per heavy atom. The van der Waals surface area contributed by atoms with E-state index in [0.717, 1.165) is 18.4 Å². The minimum atomic E-state index is -1.12. The van der Waals surface area contributed by atoms with Gasteiger partial charge in [0.25, 0.3) is 0 Å². The van der Waals surface area contributed by atoms with E-state index in [1.165, 1.54) is 19.3 Å².